The highest BCUT2D eigenvalue weighted by Crippen LogP contribution is 2.36. The zero-order chi connectivity index (χ0) is 18.4. The Morgan fingerprint density at radius 2 is 1.88 bits per heavy atom. The van der Waals surface area contributed by atoms with Gasteiger partial charge in [-0.15, -0.1) is 6.58 Å². The highest BCUT2D eigenvalue weighted by Gasteiger charge is 2.22. The second-order valence-electron chi connectivity index (χ2n) is 5.52. The molecule has 0 aliphatic heterocycles. The Morgan fingerprint density at radius 1 is 1.20 bits per heavy atom. The Hall–Kier alpha value is -2.31. The van der Waals surface area contributed by atoms with E-state index in [0.29, 0.717) is 24.2 Å². The molecule has 0 fully saturated rings. The Balaban J connectivity index is 2.52. The van der Waals surface area contributed by atoms with E-state index in [0.717, 1.165) is 5.56 Å². The predicted octanol–water partition coefficient (Wildman–Crippen LogP) is 3.38. The van der Waals surface area contributed by atoms with Gasteiger partial charge in [-0.05, 0) is 50.1 Å². The fraction of sp³-hybridized carbons (Fsp3) is 0.263. The molecule has 2 aromatic rings. The maximum absolute atomic E-state index is 12.6. The number of aliphatic hydroxyl groups is 1. The molecule has 0 aromatic heterocycles. The Morgan fingerprint density at radius 3 is 2.44 bits per heavy atom. The number of allylic oxidation sites excluding steroid dienone is 1. The van der Waals surface area contributed by atoms with Crippen molar-refractivity contribution < 1.29 is 22.4 Å². The van der Waals surface area contributed by atoms with Crippen molar-refractivity contribution >= 4 is 10.1 Å². The molecule has 0 saturated heterocycles. The van der Waals surface area contributed by atoms with Gasteiger partial charge in [0.15, 0.2) is 11.5 Å². The highest BCUT2D eigenvalue weighted by molar-refractivity contribution is 7.87. The maximum Gasteiger partial charge on any atom is 0.339 e. The second kappa shape index (κ2) is 8.18. The van der Waals surface area contributed by atoms with E-state index >= 15 is 0 Å². The van der Waals surface area contributed by atoms with Gasteiger partial charge in [0.1, 0.15) is 4.90 Å². The fourth-order valence-electron chi connectivity index (χ4n) is 2.34. The van der Waals surface area contributed by atoms with Crippen molar-refractivity contribution in [2.75, 3.05) is 6.61 Å². The van der Waals surface area contributed by atoms with Gasteiger partial charge in [0.2, 0.25) is 0 Å². The van der Waals surface area contributed by atoms with Gasteiger partial charge >= 0.3 is 10.1 Å². The van der Waals surface area contributed by atoms with E-state index < -0.39 is 10.1 Å². The number of hydrogen-bond donors (Lipinski definition) is 1. The minimum Gasteiger partial charge on any atom is -0.490 e. The van der Waals surface area contributed by atoms with Crippen LogP contribution in [0, 0.1) is 6.92 Å². The largest absolute Gasteiger partial charge is 0.490 e. The van der Waals surface area contributed by atoms with Gasteiger partial charge in [0.25, 0.3) is 0 Å². The van der Waals surface area contributed by atoms with Gasteiger partial charge in [-0.2, -0.15) is 8.42 Å². The van der Waals surface area contributed by atoms with Gasteiger partial charge in [-0.1, -0.05) is 23.8 Å². The number of ether oxygens (including phenoxy) is 1. The smallest absolute Gasteiger partial charge is 0.339 e. The number of benzene rings is 2. The molecular weight excluding hydrogens is 340 g/mol. The summed E-state index contributed by atoms with van der Waals surface area (Å²) in [6, 6.07) is 9.68. The van der Waals surface area contributed by atoms with Crippen LogP contribution in [0.3, 0.4) is 0 Å². The third-order valence-electron chi connectivity index (χ3n) is 3.54. The molecule has 25 heavy (non-hydrogen) atoms. The summed E-state index contributed by atoms with van der Waals surface area (Å²) in [6.07, 6.45) is 2.02. The van der Waals surface area contributed by atoms with Crippen LogP contribution in [0.25, 0.3) is 0 Å². The maximum atomic E-state index is 12.6. The minimum absolute atomic E-state index is 0.0661. The summed E-state index contributed by atoms with van der Waals surface area (Å²) < 4.78 is 36.2. The molecule has 5 nitrogen and oxygen atoms in total. The van der Waals surface area contributed by atoms with Gasteiger partial charge in [0.05, 0.1) is 13.2 Å². The van der Waals surface area contributed by atoms with Gasteiger partial charge in [0, 0.05) is 5.56 Å². The van der Waals surface area contributed by atoms with Crippen LogP contribution in [0.2, 0.25) is 0 Å². The average Bonchev–Trinajstić information content (AvgIpc) is 2.58. The lowest BCUT2D eigenvalue weighted by Gasteiger charge is -2.16. The summed E-state index contributed by atoms with van der Waals surface area (Å²) in [5.74, 6) is 0.404. The fourth-order valence-corrected chi connectivity index (χ4v) is 3.32. The van der Waals surface area contributed by atoms with Gasteiger partial charge in [-0.25, -0.2) is 0 Å². The molecule has 0 bridgehead atoms. The third-order valence-corrected chi connectivity index (χ3v) is 4.78. The third kappa shape index (κ3) is 4.61. The van der Waals surface area contributed by atoms with Crippen molar-refractivity contribution in [2.45, 2.75) is 31.8 Å². The van der Waals surface area contributed by atoms with E-state index in [-0.39, 0.29) is 23.0 Å². The van der Waals surface area contributed by atoms with E-state index in [1.807, 2.05) is 6.92 Å². The predicted molar refractivity (Wildman–Crippen MR) is 96.4 cm³/mol. The summed E-state index contributed by atoms with van der Waals surface area (Å²) >= 11 is 0. The van der Waals surface area contributed by atoms with Crippen LogP contribution in [0.15, 0.2) is 53.9 Å². The Kier molecular flexibility index (Phi) is 6.22. The quantitative estimate of drug-likeness (QED) is 0.576. The van der Waals surface area contributed by atoms with Crippen LogP contribution in [0.4, 0.5) is 0 Å². The van der Waals surface area contributed by atoms with Gasteiger partial charge < -0.3 is 14.0 Å². The molecule has 134 valence electrons. The van der Waals surface area contributed by atoms with Crippen molar-refractivity contribution in [1.82, 2.24) is 0 Å². The first-order valence-corrected chi connectivity index (χ1v) is 9.33. The summed E-state index contributed by atoms with van der Waals surface area (Å²) in [7, 11) is -4.01. The number of rotatable bonds is 8. The molecule has 0 aliphatic carbocycles. The summed E-state index contributed by atoms with van der Waals surface area (Å²) in [5, 5.41) is 9.41. The molecule has 0 unspecified atom stereocenters. The number of hydrogen-bond acceptors (Lipinski definition) is 5. The standard InChI is InChI=1S/C19H22O5S/c1-4-6-16-11-15(13-20)12-18(23-5-2)19(16)24-25(21,22)17-9-7-14(3)8-10-17/h4,7-12,20H,1,5-6,13H2,2-3H3. The zero-order valence-electron chi connectivity index (χ0n) is 14.4. The van der Waals surface area contributed by atoms with E-state index in [4.69, 9.17) is 8.92 Å². The first-order chi connectivity index (χ1) is 11.9. The lowest BCUT2D eigenvalue weighted by Crippen LogP contribution is -2.12. The lowest BCUT2D eigenvalue weighted by molar-refractivity contribution is 0.279. The molecule has 2 aromatic carbocycles. The summed E-state index contributed by atoms with van der Waals surface area (Å²) in [6.45, 7) is 7.50. The van der Waals surface area contributed by atoms with Crippen molar-refractivity contribution in [1.29, 1.82) is 0 Å². The molecule has 1 N–H and O–H groups in total. The topological polar surface area (TPSA) is 72.8 Å². The molecule has 0 saturated carbocycles. The highest BCUT2D eigenvalue weighted by atomic mass is 32.2. The van der Waals surface area contributed by atoms with Crippen LogP contribution in [-0.2, 0) is 23.1 Å². The molecular formula is C19H22O5S. The Bertz CT molecular complexity index is 839. The molecule has 0 amide bonds. The second-order valence-corrected chi connectivity index (χ2v) is 7.06. The molecule has 6 heteroatoms. The first kappa shape index (κ1) is 19.0. The van der Waals surface area contributed by atoms with Crippen LogP contribution in [-0.4, -0.2) is 20.1 Å². The normalized spacial score (nSPS) is 11.2. The SMILES string of the molecule is C=CCc1cc(CO)cc(OCC)c1OS(=O)(=O)c1ccc(C)cc1. The van der Waals surface area contributed by atoms with E-state index in [1.54, 1.807) is 37.3 Å². The van der Waals surface area contributed by atoms with Crippen molar-refractivity contribution in [2.24, 2.45) is 0 Å². The monoisotopic (exact) mass is 362 g/mol. The van der Waals surface area contributed by atoms with Crippen LogP contribution >= 0.6 is 0 Å². The van der Waals surface area contributed by atoms with Crippen LogP contribution in [0.5, 0.6) is 11.5 Å². The van der Waals surface area contributed by atoms with Crippen LogP contribution in [0.1, 0.15) is 23.6 Å². The molecule has 0 atom stereocenters. The zero-order valence-corrected chi connectivity index (χ0v) is 15.2. The molecule has 0 heterocycles. The number of aryl methyl sites for hydroxylation is 1. The summed E-state index contributed by atoms with van der Waals surface area (Å²) in [4.78, 5) is 0.0661. The van der Waals surface area contributed by atoms with Crippen molar-refractivity contribution in [3.05, 3.63) is 65.7 Å². The molecule has 0 radical (unpaired) electrons. The van der Waals surface area contributed by atoms with E-state index in [2.05, 4.69) is 6.58 Å². The molecule has 0 spiro atoms. The van der Waals surface area contributed by atoms with Crippen LogP contribution < -0.4 is 8.92 Å². The summed E-state index contributed by atoms with van der Waals surface area (Å²) in [5.41, 5.74) is 2.15. The average molecular weight is 362 g/mol. The molecule has 0 aliphatic rings. The van der Waals surface area contributed by atoms with E-state index in [9.17, 15) is 13.5 Å². The lowest BCUT2D eigenvalue weighted by atomic mass is 10.1. The van der Waals surface area contributed by atoms with E-state index in [1.165, 1.54) is 12.1 Å². The van der Waals surface area contributed by atoms with Gasteiger partial charge in [-0.3, -0.25) is 0 Å². The van der Waals surface area contributed by atoms with Crippen molar-refractivity contribution in [3.63, 3.8) is 0 Å². The minimum atomic E-state index is -4.01. The number of aliphatic hydroxyl groups excluding tert-OH is 1. The molecule has 2 rings (SSSR count). The van der Waals surface area contributed by atoms with Crippen molar-refractivity contribution in [3.8, 4) is 11.5 Å². The Labute approximate surface area is 148 Å². The first-order valence-electron chi connectivity index (χ1n) is 7.92.